The van der Waals surface area contributed by atoms with Gasteiger partial charge in [-0.05, 0) is 19.3 Å². The number of aliphatic imine (C=N–C) groups is 1. The smallest absolute Gasteiger partial charge is 0.282 e. The third-order valence-corrected chi connectivity index (χ3v) is 2.11. The second-order valence-electron chi connectivity index (χ2n) is 2.79. The predicted molar refractivity (Wildman–Crippen MR) is 34.2 cm³/mol. The molecule has 1 aliphatic heterocycles. The lowest BCUT2D eigenvalue weighted by Crippen LogP contribution is -2.41. The SMILES string of the molecule is NC1=NCC2(CCC2)O1. The minimum Gasteiger partial charge on any atom is -0.457 e. The minimum absolute atomic E-state index is 0.0596. The van der Waals surface area contributed by atoms with E-state index in [0.717, 1.165) is 19.4 Å². The number of hydrogen-bond donors (Lipinski definition) is 1. The molecule has 0 amide bonds. The van der Waals surface area contributed by atoms with E-state index in [1.54, 1.807) is 0 Å². The summed E-state index contributed by atoms with van der Waals surface area (Å²) in [5, 5.41) is 0. The van der Waals surface area contributed by atoms with Gasteiger partial charge in [-0.15, -0.1) is 0 Å². The number of ether oxygens (including phenoxy) is 1. The van der Waals surface area contributed by atoms with Crippen LogP contribution in [0.25, 0.3) is 0 Å². The van der Waals surface area contributed by atoms with E-state index in [9.17, 15) is 0 Å². The highest BCUT2D eigenvalue weighted by Crippen LogP contribution is 2.38. The summed E-state index contributed by atoms with van der Waals surface area (Å²) in [5.74, 6) is 0. The molecule has 1 heterocycles. The number of rotatable bonds is 0. The van der Waals surface area contributed by atoms with Crippen LogP contribution in [0.3, 0.4) is 0 Å². The second-order valence-corrected chi connectivity index (χ2v) is 2.79. The van der Waals surface area contributed by atoms with Crippen molar-refractivity contribution >= 4 is 6.02 Å². The number of nitrogens with two attached hydrogens (primary N) is 1. The van der Waals surface area contributed by atoms with Crippen LogP contribution in [0, 0.1) is 0 Å². The maximum absolute atomic E-state index is 5.35. The monoisotopic (exact) mass is 126 g/mol. The summed E-state index contributed by atoms with van der Waals surface area (Å²) < 4.78 is 5.31. The minimum atomic E-state index is 0.0596. The Kier molecular flexibility index (Phi) is 0.793. The topological polar surface area (TPSA) is 47.6 Å². The molecule has 1 spiro atoms. The fourth-order valence-corrected chi connectivity index (χ4v) is 1.34. The van der Waals surface area contributed by atoms with Gasteiger partial charge in [-0.1, -0.05) is 0 Å². The van der Waals surface area contributed by atoms with Crippen molar-refractivity contribution in [2.75, 3.05) is 6.54 Å². The van der Waals surface area contributed by atoms with Gasteiger partial charge in [0.2, 0.25) is 0 Å². The van der Waals surface area contributed by atoms with Crippen molar-refractivity contribution in [2.24, 2.45) is 10.7 Å². The Hall–Kier alpha value is -0.730. The summed E-state index contributed by atoms with van der Waals surface area (Å²) in [4.78, 5) is 3.98. The molecule has 2 N–H and O–H groups in total. The van der Waals surface area contributed by atoms with Crippen LogP contribution in [0.5, 0.6) is 0 Å². The summed E-state index contributed by atoms with van der Waals surface area (Å²) in [5.41, 5.74) is 5.41. The molecule has 50 valence electrons. The Labute approximate surface area is 53.9 Å². The van der Waals surface area contributed by atoms with Gasteiger partial charge in [-0.2, -0.15) is 0 Å². The van der Waals surface area contributed by atoms with Crippen LogP contribution < -0.4 is 5.73 Å². The summed E-state index contributed by atoms with van der Waals surface area (Å²) in [6, 6.07) is 0.384. The molecule has 0 bridgehead atoms. The molecule has 0 atom stereocenters. The summed E-state index contributed by atoms with van der Waals surface area (Å²) >= 11 is 0. The van der Waals surface area contributed by atoms with Crippen LogP contribution in [0.15, 0.2) is 4.99 Å². The van der Waals surface area contributed by atoms with Crippen LogP contribution in [0.2, 0.25) is 0 Å². The Morgan fingerprint density at radius 2 is 2.33 bits per heavy atom. The molecule has 1 aliphatic carbocycles. The van der Waals surface area contributed by atoms with E-state index in [4.69, 9.17) is 10.5 Å². The van der Waals surface area contributed by atoms with Gasteiger partial charge >= 0.3 is 0 Å². The lowest BCUT2D eigenvalue weighted by molar-refractivity contribution is 0.00762. The standard InChI is InChI=1S/C6H10N2O/c7-5-8-4-6(9-5)2-1-3-6/h1-4H2,(H2,7,8). The Balaban J connectivity index is 2.05. The van der Waals surface area contributed by atoms with Gasteiger partial charge < -0.3 is 10.5 Å². The van der Waals surface area contributed by atoms with Crippen molar-refractivity contribution in [2.45, 2.75) is 24.9 Å². The Bertz CT molecular complexity index is 160. The van der Waals surface area contributed by atoms with Crippen LogP contribution >= 0.6 is 0 Å². The van der Waals surface area contributed by atoms with E-state index in [1.165, 1.54) is 6.42 Å². The first kappa shape index (κ1) is 5.09. The molecule has 3 heteroatoms. The molecule has 3 nitrogen and oxygen atoms in total. The number of hydrogen-bond acceptors (Lipinski definition) is 3. The molecule has 1 fully saturated rings. The average molecular weight is 126 g/mol. The average Bonchev–Trinajstić information content (AvgIpc) is 2.09. The van der Waals surface area contributed by atoms with Gasteiger partial charge in [0.25, 0.3) is 6.02 Å². The first-order valence-corrected chi connectivity index (χ1v) is 3.30. The third-order valence-electron chi connectivity index (χ3n) is 2.11. The first-order chi connectivity index (χ1) is 4.31. The van der Waals surface area contributed by atoms with Crippen molar-refractivity contribution < 1.29 is 4.74 Å². The van der Waals surface area contributed by atoms with Gasteiger partial charge in [-0.25, -0.2) is 4.99 Å². The van der Waals surface area contributed by atoms with Gasteiger partial charge in [0.05, 0.1) is 6.54 Å². The van der Waals surface area contributed by atoms with E-state index in [2.05, 4.69) is 4.99 Å². The third kappa shape index (κ3) is 0.605. The van der Waals surface area contributed by atoms with Crippen LogP contribution in [0.1, 0.15) is 19.3 Å². The zero-order chi connectivity index (χ0) is 6.32. The lowest BCUT2D eigenvalue weighted by atomic mass is 9.80. The van der Waals surface area contributed by atoms with Crippen molar-refractivity contribution in [1.82, 2.24) is 0 Å². The van der Waals surface area contributed by atoms with Crippen LogP contribution in [-0.4, -0.2) is 18.2 Å². The highest BCUT2D eigenvalue weighted by atomic mass is 16.5. The van der Waals surface area contributed by atoms with Gasteiger partial charge in [0, 0.05) is 0 Å². The maximum atomic E-state index is 5.35. The van der Waals surface area contributed by atoms with E-state index in [-0.39, 0.29) is 5.60 Å². The molecule has 0 radical (unpaired) electrons. The number of nitrogens with zero attached hydrogens (tertiary/aromatic N) is 1. The van der Waals surface area contributed by atoms with Crippen molar-refractivity contribution in [3.8, 4) is 0 Å². The summed E-state index contributed by atoms with van der Waals surface area (Å²) in [7, 11) is 0. The summed E-state index contributed by atoms with van der Waals surface area (Å²) in [6.07, 6.45) is 3.54. The molecule has 2 aliphatic rings. The molecule has 9 heavy (non-hydrogen) atoms. The van der Waals surface area contributed by atoms with Gasteiger partial charge in [0.15, 0.2) is 0 Å². The molecular formula is C6H10N2O. The van der Waals surface area contributed by atoms with Gasteiger partial charge in [0.1, 0.15) is 5.60 Å². The van der Waals surface area contributed by atoms with E-state index >= 15 is 0 Å². The highest BCUT2D eigenvalue weighted by Gasteiger charge is 2.42. The zero-order valence-electron chi connectivity index (χ0n) is 5.26. The quantitative estimate of drug-likeness (QED) is 0.506. The maximum Gasteiger partial charge on any atom is 0.282 e. The van der Waals surface area contributed by atoms with Crippen molar-refractivity contribution in [3.05, 3.63) is 0 Å². The fourth-order valence-electron chi connectivity index (χ4n) is 1.34. The molecule has 0 aromatic rings. The van der Waals surface area contributed by atoms with Crippen molar-refractivity contribution in [1.29, 1.82) is 0 Å². The summed E-state index contributed by atoms with van der Waals surface area (Å²) in [6.45, 7) is 0.791. The highest BCUT2D eigenvalue weighted by molar-refractivity contribution is 5.73. The van der Waals surface area contributed by atoms with E-state index in [1.807, 2.05) is 0 Å². The van der Waals surface area contributed by atoms with Crippen LogP contribution in [-0.2, 0) is 4.74 Å². The predicted octanol–water partition coefficient (Wildman–Crippen LogP) is 0.254. The Morgan fingerprint density at radius 1 is 1.56 bits per heavy atom. The molecule has 0 saturated heterocycles. The van der Waals surface area contributed by atoms with E-state index < -0.39 is 0 Å². The fraction of sp³-hybridized carbons (Fsp3) is 0.833. The molecule has 0 aromatic carbocycles. The zero-order valence-corrected chi connectivity index (χ0v) is 5.26. The van der Waals surface area contributed by atoms with E-state index in [0.29, 0.717) is 6.02 Å². The van der Waals surface area contributed by atoms with Crippen LogP contribution in [0.4, 0.5) is 0 Å². The van der Waals surface area contributed by atoms with Crippen molar-refractivity contribution in [3.63, 3.8) is 0 Å². The first-order valence-electron chi connectivity index (χ1n) is 3.30. The lowest BCUT2D eigenvalue weighted by Gasteiger charge is -2.35. The molecule has 2 rings (SSSR count). The Morgan fingerprint density at radius 3 is 2.56 bits per heavy atom. The molecule has 0 aromatic heterocycles. The number of amidine groups is 1. The molecule has 1 saturated carbocycles. The second kappa shape index (κ2) is 1.40. The molecular weight excluding hydrogens is 116 g/mol. The normalized spacial score (nSPS) is 29.1. The molecule has 0 unspecified atom stereocenters. The van der Waals surface area contributed by atoms with Gasteiger partial charge in [-0.3, -0.25) is 0 Å². The largest absolute Gasteiger partial charge is 0.457 e.